The summed E-state index contributed by atoms with van der Waals surface area (Å²) in [4.78, 5) is 16.5. The largest absolute Gasteiger partial charge is 0.493 e. The van der Waals surface area contributed by atoms with E-state index in [0.717, 1.165) is 11.1 Å². The Labute approximate surface area is 189 Å². The number of alkyl carbamates (subject to hydrolysis) is 1. The molecule has 1 aromatic heterocycles. The molecular weight excluding hydrogens is 409 g/mol. The molecule has 32 heavy (non-hydrogen) atoms. The number of hydrogen-bond donors (Lipinski definition) is 2. The number of carbonyl (C=O) groups is 1. The maximum Gasteiger partial charge on any atom is 0.492 e. The number of nitrogens with two attached hydrogens (primary N) is 1. The zero-order valence-corrected chi connectivity index (χ0v) is 19.2. The van der Waals surface area contributed by atoms with E-state index < -0.39 is 24.4 Å². The molecule has 9 heteroatoms. The van der Waals surface area contributed by atoms with E-state index in [1.807, 2.05) is 64.1 Å². The molecule has 2 heterocycles. The molecule has 1 amide bonds. The minimum Gasteiger partial charge on any atom is -0.493 e. The Balaban J connectivity index is 1.76. The third-order valence-corrected chi connectivity index (χ3v) is 5.68. The number of anilines is 1. The molecule has 1 saturated heterocycles. The lowest BCUT2D eigenvalue weighted by Crippen LogP contribution is -2.41. The summed E-state index contributed by atoms with van der Waals surface area (Å²) in [6.07, 6.45) is 2.93. The van der Waals surface area contributed by atoms with E-state index in [4.69, 9.17) is 24.5 Å². The van der Waals surface area contributed by atoms with Crippen LogP contribution < -0.4 is 15.8 Å². The molecule has 3 rings (SSSR count). The third kappa shape index (κ3) is 5.60. The number of ether oxygens (including phenoxy) is 2. The van der Waals surface area contributed by atoms with Gasteiger partial charge in [-0.15, -0.1) is 0 Å². The van der Waals surface area contributed by atoms with E-state index in [-0.39, 0.29) is 13.2 Å². The van der Waals surface area contributed by atoms with Gasteiger partial charge in [0.05, 0.1) is 18.3 Å². The summed E-state index contributed by atoms with van der Waals surface area (Å²) in [5, 5.41) is 2.78. The van der Waals surface area contributed by atoms with E-state index in [0.29, 0.717) is 17.0 Å². The summed E-state index contributed by atoms with van der Waals surface area (Å²) in [5.74, 6) is 0.756. The van der Waals surface area contributed by atoms with Crippen LogP contribution in [0.5, 0.6) is 5.75 Å². The molecule has 0 unspecified atom stereocenters. The van der Waals surface area contributed by atoms with Crippen LogP contribution in [0, 0.1) is 0 Å². The Kier molecular flexibility index (Phi) is 7.11. The van der Waals surface area contributed by atoms with E-state index in [2.05, 4.69) is 10.3 Å². The summed E-state index contributed by atoms with van der Waals surface area (Å²) < 4.78 is 22.9. The van der Waals surface area contributed by atoms with Gasteiger partial charge in [0, 0.05) is 12.7 Å². The molecule has 3 N–H and O–H groups in total. The van der Waals surface area contributed by atoms with Crippen LogP contribution in [-0.4, -0.2) is 43.1 Å². The van der Waals surface area contributed by atoms with E-state index in [1.54, 1.807) is 12.3 Å². The maximum atomic E-state index is 12.3. The first kappa shape index (κ1) is 23.6. The third-order valence-electron chi connectivity index (χ3n) is 5.68. The first-order chi connectivity index (χ1) is 15.1. The number of methoxy groups -OCH3 is 1. The van der Waals surface area contributed by atoms with Gasteiger partial charge in [0.15, 0.2) is 11.6 Å². The van der Waals surface area contributed by atoms with Crippen molar-refractivity contribution in [1.29, 1.82) is 0 Å². The molecule has 0 saturated carbocycles. The second kappa shape index (κ2) is 9.62. The topological polar surface area (TPSA) is 105 Å². The number of benzene rings is 1. The zero-order valence-electron chi connectivity index (χ0n) is 19.2. The lowest BCUT2D eigenvalue weighted by Gasteiger charge is -2.32. The molecule has 1 aliphatic rings. The zero-order chi connectivity index (χ0) is 23.4. The summed E-state index contributed by atoms with van der Waals surface area (Å²) in [6.45, 7) is 8.23. The summed E-state index contributed by atoms with van der Waals surface area (Å²) in [5.41, 5.74) is 7.12. The summed E-state index contributed by atoms with van der Waals surface area (Å²) in [7, 11) is 0.873. The standard InChI is InChI=1S/C23H30BN3O5/c1-22(2)23(3,4)32-24(31-22)18(11-17-12-19(29-5)20(25)26-13-17)14-27-21(28)30-15-16-9-7-6-8-10-16/h6-13H,14-15H2,1-5H3,(H2,25,26)(H,27,28). The van der Waals surface area contributed by atoms with E-state index in [9.17, 15) is 4.79 Å². The smallest absolute Gasteiger partial charge is 0.492 e. The van der Waals surface area contributed by atoms with Crippen LogP contribution in [0.4, 0.5) is 10.6 Å². The van der Waals surface area contributed by atoms with Crippen LogP contribution >= 0.6 is 0 Å². The highest BCUT2D eigenvalue weighted by Gasteiger charge is 2.52. The van der Waals surface area contributed by atoms with Gasteiger partial charge in [-0.3, -0.25) is 0 Å². The van der Waals surface area contributed by atoms with Crippen molar-refractivity contribution in [2.24, 2.45) is 0 Å². The molecule has 1 fully saturated rings. The van der Waals surface area contributed by atoms with Crippen LogP contribution in [0.1, 0.15) is 38.8 Å². The van der Waals surface area contributed by atoms with Crippen LogP contribution in [0.15, 0.2) is 48.1 Å². The number of aromatic nitrogens is 1. The Morgan fingerprint density at radius 2 is 1.84 bits per heavy atom. The first-order valence-electron chi connectivity index (χ1n) is 10.4. The highest BCUT2D eigenvalue weighted by molar-refractivity contribution is 6.56. The van der Waals surface area contributed by atoms with Crippen LogP contribution in [0.2, 0.25) is 0 Å². The number of pyridine rings is 1. The fourth-order valence-electron chi connectivity index (χ4n) is 3.07. The fourth-order valence-corrected chi connectivity index (χ4v) is 3.07. The van der Waals surface area contributed by atoms with Gasteiger partial charge in [0.2, 0.25) is 0 Å². The van der Waals surface area contributed by atoms with Crippen molar-refractivity contribution < 1.29 is 23.6 Å². The lowest BCUT2D eigenvalue weighted by molar-refractivity contribution is 0.00578. The average molecular weight is 439 g/mol. The van der Waals surface area contributed by atoms with Gasteiger partial charge in [-0.1, -0.05) is 36.4 Å². The molecule has 1 aliphatic heterocycles. The van der Waals surface area contributed by atoms with Crippen LogP contribution in [-0.2, 0) is 20.7 Å². The van der Waals surface area contributed by atoms with Crippen molar-refractivity contribution in [3.05, 3.63) is 59.2 Å². The first-order valence-corrected chi connectivity index (χ1v) is 10.4. The molecule has 0 atom stereocenters. The average Bonchev–Trinajstić information content (AvgIpc) is 2.98. The number of carbonyl (C=O) groups excluding carboxylic acids is 1. The maximum absolute atomic E-state index is 12.3. The van der Waals surface area contributed by atoms with Gasteiger partial charge in [0.25, 0.3) is 0 Å². The van der Waals surface area contributed by atoms with Crippen molar-refractivity contribution in [2.75, 3.05) is 19.4 Å². The molecular formula is C23H30BN3O5. The predicted octanol–water partition coefficient (Wildman–Crippen LogP) is 3.61. The Morgan fingerprint density at radius 3 is 2.47 bits per heavy atom. The minimum absolute atomic E-state index is 0.164. The van der Waals surface area contributed by atoms with Gasteiger partial charge >= 0.3 is 13.2 Å². The number of rotatable bonds is 7. The van der Waals surface area contributed by atoms with Crippen molar-refractivity contribution in [3.63, 3.8) is 0 Å². The highest BCUT2D eigenvalue weighted by Crippen LogP contribution is 2.38. The predicted molar refractivity (Wildman–Crippen MR) is 124 cm³/mol. The van der Waals surface area contributed by atoms with Crippen LogP contribution in [0.25, 0.3) is 6.08 Å². The lowest BCUT2D eigenvalue weighted by atomic mass is 9.77. The fraction of sp³-hybridized carbons (Fsp3) is 0.391. The molecule has 1 aromatic carbocycles. The second-order valence-electron chi connectivity index (χ2n) is 8.58. The van der Waals surface area contributed by atoms with Gasteiger partial charge < -0.3 is 29.8 Å². The molecule has 0 bridgehead atoms. The quantitative estimate of drug-likeness (QED) is 0.635. The Morgan fingerprint density at radius 1 is 1.19 bits per heavy atom. The molecule has 170 valence electrons. The highest BCUT2D eigenvalue weighted by atomic mass is 16.7. The van der Waals surface area contributed by atoms with Gasteiger partial charge in [-0.05, 0) is 50.4 Å². The van der Waals surface area contributed by atoms with Crippen molar-refractivity contribution >= 4 is 25.1 Å². The number of nitrogens with zero attached hydrogens (tertiary/aromatic N) is 1. The summed E-state index contributed by atoms with van der Waals surface area (Å²) >= 11 is 0. The number of nitrogens with one attached hydrogen (secondary N) is 1. The number of amides is 1. The van der Waals surface area contributed by atoms with Crippen molar-refractivity contribution in [2.45, 2.75) is 45.5 Å². The minimum atomic E-state index is -0.655. The normalized spacial score (nSPS) is 17.2. The van der Waals surface area contributed by atoms with Gasteiger partial charge in [0.1, 0.15) is 6.61 Å². The SMILES string of the molecule is COc1cc(C=C(CNC(=O)OCc2ccccc2)B2OC(C)(C)C(C)(C)O2)cnc1N. The molecule has 0 spiro atoms. The van der Waals surface area contributed by atoms with E-state index >= 15 is 0 Å². The summed E-state index contributed by atoms with van der Waals surface area (Å²) in [6, 6.07) is 11.2. The van der Waals surface area contributed by atoms with Crippen LogP contribution in [0.3, 0.4) is 0 Å². The molecule has 0 radical (unpaired) electrons. The molecule has 2 aromatic rings. The van der Waals surface area contributed by atoms with Gasteiger partial charge in [-0.25, -0.2) is 9.78 Å². The Bertz CT molecular complexity index is 963. The van der Waals surface area contributed by atoms with Crippen molar-refractivity contribution in [3.8, 4) is 5.75 Å². The van der Waals surface area contributed by atoms with E-state index in [1.165, 1.54) is 7.11 Å². The monoisotopic (exact) mass is 439 g/mol. The van der Waals surface area contributed by atoms with Gasteiger partial charge in [-0.2, -0.15) is 0 Å². The molecule has 0 aliphatic carbocycles. The second-order valence-corrected chi connectivity index (χ2v) is 8.58. The Hall–Kier alpha value is -3.04. The number of hydrogen-bond acceptors (Lipinski definition) is 7. The number of nitrogen functional groups attached to an aromatic ring is 1. The molecule has 8 nitrogen and oxygen atoms in total. The van der Waals surface area contributed by atoms with Crippen molar-refractivity contribution in [1.82, 2.24) is 10.3 Å².